The summed E-state index contributed by atoms with van der Waals surface area (Å²) in [5.41, 5.74) is 0.111. The first-order valence-corrected chi connectivity index (χ1v) is 14.8. The third-order valence-corrected chi connectivity index (χ3v) is 10.7. The third-order valence-electron chi connectivity index (χ3n) is 7.27. The van der Waals surface area contributed by atoms with Gasteiger partial charge in [0, 0.05) is 36.3 Å². The maximum atomic E-state index is 14.0. The van der Waals surface area contributed by atoms with Crippen molar-refractivity contribution >= 4 is 38.9 Å². The Kier molecular flexibility index (Phi) is 7.60. The molecule has 0 bridgehead atoms. The zero-order valence-corrected chi connectivity index (χ0v) is 22.9. The van der Waals surface area contributed by atoms with Crippen LogP contribution in [0.15, 0.2) is 35.5 Å². The molecular formula is C26H35N3O5S2. The van der Waals surface area contributed by atoms with Gasteiger partial charge in [0.1, 0.15) is 9.77 Å². The van der Waals surface area contributed by atoms with Gasteiger partial charge in [0.2, 0.25) is 15.9 Å². The summed E-state index contributed by atoms with van der Waals surface area (Å²) in [6.45, 7) is 8.60. The van der Waals surface area contributed by atoms with Gasteiger partial charge in [-0.1, -0.05) is 27.7 Å². The first-order chi connectivity index (χ1) is 16.9. The second-order valence-electron chi connectivity index (χ2n) is 11.0. The van der Waals surface area contributed by atoms with E-state index < -0.39 is 22.0 Å². The standard InChI is InChI=1S/C26H35N3O5S2/c1-17-7-9-18(10-8-17)24(30)29(21-14-22(26(2,3)4)35-23(21)25(31)32)19-11-13-28(16-19)36(33,34)20-6-5-12-27-15-20/h5-6,12,14-15,17-19H,7-11,13,16H2,1-4H3,(H,31,32)/t17?,18?,19-/m0/s1. The number of carboxylic acids is 1. The number of aromatic nitrogens is 1. The molecule has 1 N–H and O–H groups in total. The summed E-state index contributed by atoms with van der Waals surface area (Å²) in [7, 11) is -3.77. The fraction of sp³-hybridized carbons (Fsp3) is 0.577. The average Bonchev–Trinajstić information content (AvgIpc) is 3.49. The fourth-order valence-electron chi connectivity index (χ4n) is 5.07. The molecular weight excluding hydrogens is 498 g/mol. The van der Waals surface area contributed by atoms with Gasteiger partial charge in [0.05, 0.1) is 11.7 Å². The maximum Gasteiger partial charge on any atom is 0.348 e. The number of nitrogens with zero attached hydrogens (tertiary/aromatic N) is 3. The lowest BCUT2D eigenvalue weighted by Gasteiger charge is -2.34. The molecule has 1 aliphatic heterocycles. The highest BCUT2D eigenvalue weighted by Gasteiger charge is 2.42. The van der Waals surface area contributed by atoms with Crippen LogP contribution in [0.25, 0.3) is 0 Å². The van der Waals surface area contributed by atoms with Crippen LogP contribution in [0, 0.1) is 11.8 Å². The van der Waals surface area contributed by atoms with Gasteiger partial charge in [0.25, 0.3) is 0 Å². The topological polar surface area (TPSA) is 108 Å². The van der Waals surface area contributed by atoms with Crippen molar-refractivity contribution in [3.63, 3.8) is 0 Å². The van der Waals surface area contributed by atoms with Crippen molar-refractivity contribution in [2.45, 2.75) is 76.2 Å². The van der Waals surface area contributed by atoms with Crippen molar-refractivity contribution in [1.82, 2.24) is 9.29 Å². The molecule has 2 aromatic rings. The summed E-state index contributed by atoms with van der Waals surface area (Å²) >= 11 is 1.20. The Labute approximate surface area is 217 Å². The number of amides is 1. The Bertz CT molecular complexity index is 1210. The molecule has 0 spiro atoms. The molecule has 1 saturated heterocycles. The smallest absolute Gasteiger partial charge is 0.348 e. The average molecular weight is 534 g/mol. The van der Waals surface area contributed by atoms with Crippen LogP contribution < -0.4 is 4.90 Å². The van der Waals surface area contributed by atoms with E-state index in [2.05, 4.69) is 11.9 Å². The Morgan fingerprint density at radius 2 is 1.86 bits per heavy atom. The number of carbonyl (C=O) groups is 2. The van der Waals surface area contributed by atoms with Crippen LogP contribution in [0.2, 0.25) is 0 Å². The predicted molar refractivity (Wildman–Crippen MR) is 140 cm³/mol. The highest BCUT2D eigenvalue weighted by Crippen LogP contribution is 2.41. The zero-order chi connectivity index (χ0) is 26.3. The van der Waals surface area contributed by atoms with E-state index in [1.54, 1.807) is 11.0 Å². The lowest BCUT2D eigenvalue weighted by Crippen LogP contribution is -2.46. The molecule has 2 aliphatic rings. The van der Waals surface area contributed by atoms with E-state index in [9.17, 15) is 23.1 Å². The zero-order valence-electron chi connectivity index (χ0n) is 21.3. The molecule has 196 valence electrons. The summed E-state index contributed by atoms with van der Waals surface area (Å²) in [5, 5.41) is 10.1. The van der Waals surface area contributed by atoms with Crippen LogP contribution >= 0.6 is 11.3 Å². The third kappa shape index (κ3) is 5.35. The summed E-state index contributed by atoms with van der Waals surface area (Å²) in [6, 6.07) is 4.48. The van der Waals surface area contributed by atoms with Gasteiger partial charge in [-0.05, 0) is 61.6 Å². The Balaban J connectivity index is 1.72. The molecule has 2 fully saturated rings. The number of hydrogen-bond acceptors (Lipinski definition) is 6. The van der Waals surface area contributed by atoms with Gasteiger partial charge in [0.15, 0.2) is 0 Å². The molecule has 1 aliphatic carbocycles. The normalized spacial score (nSPS) is 23.5. The van der Waals surface area contributed by atoms with Crippen molar-refractivity contribution in [2.75, 3.05) is 18.0 Å². The molecule has 0 radical (unpaired) electrons. The number of sulfonamides is 1. The number of rotatable bonds is 6. The minimum absolute atomic E-state index is 0.0896. The highest BCUT2D eigenvalue weighted by atomic mass is 32.2. The molecule has 8 nitrogen and oxygen atoms in total. The van der Waals surface area contributed by atoms with Crippen LogP contribution in [0.4, 0.5) is 5.69 Å². The van der Waals surface area contributed by atoms with Crippen LogP contribution in [0.3, 0.4) is 0 Å². The molecule has 4 rings (SSSR count). The van der Waals surface area contributed by atoms with E-state index in [4.69, 9.17) is 0 Å². The number of thiophene rings is 1. The van der Waals surface area contributed by atoms with Gasteiger partial charge in [-0.3, -0.25) is 9.78 Å². The van der Waals surface area contributed by atoms with Gasteiger partial charge in [-0.15, -0.1) is 11.3 Å². The maximum absolute atomic E-state index is 14.0. The van der Waals surface area contributed by atoms with Crippen molar-refractivity contribution in [3.8, 4) is 0 Å². The van der Waals surface area contributed by atoms with E-state index in [-0.39, 0.29) is 40.1 Å². The molecule has 2 aromatic heterocycles. The quantitative estimate of drug-likeness (QED) is 0.574. The molecule has 1 atom stereocenters. The van der Waals surface area contributed by atoms with E-state index in [1.807, 2.05) is 26.8 Å². The SMILES string of the molecule is CC1CCC(C(=O)N(c2cc(C(C)(C)C)sc2C(=O)O)[C@H]2CCN(S(=O)(=O)c3cccnc3)C2)CC1. The molecule has 1 amide bonds. The highest BCUT2D eigenvalue weighted by molar-refractivity contribution is 7.89. The van der Waals surface area contributed by atoms with Crippen molar-refractivity contribution in [1.29, 1.82) is 0 Å². The lowest BCUT2D eigenvalue weighted by molar-refractivity contribution is -0.124. The van der Waals surface area contributed by atoms with E-state index >= 15 is 0 Å². The largest absolute Gasteiger partial charge is 0.477 e. The summed E-state index contributed by atoms with van der Waals surface area (Å²) in [6.07, 6.45) is 6.73. The second-order valence-corrected chi connectivity index (χ2v) is 14.0. The summed E-state index contributed by atoms with van der Waals surface area (Å²) < 4.78 is 27.9. The molecule has 0 unspecified atom stereocenters. The minimum Gasteiger partial charge on any atom is -0.477 e. The Morgan fingerprint density at radius 3 is 2.44 bits per heavy atom. The number of carbonyl (C=O) groups excluding carboxylic acids is 1. The number of aromatic carboxylic acids is 1. The van der Waals surface area contributed by atoms with E-state index in [0.717, 1.165) is 30.6 Å². The second kappa shape index (κ2) is 10.2. The molecule has 0 aromatic carbocycles. The molecule has 3 heterocycles. The molecule has 10 heteroatoms. The first-order valence-electron chi connectivity index (χ1n) is 12.5. The van der Waals surface area contributed by atoms with Gasteiger partial charge < -0.3 is 10.0 Å². The van der Waals surface area contributed by atoms with Crippen molar-refractivity contribution in [2.24, 2.45) is 11.8 Å². The van der Waals surface area contributed by atoms with Crippen LogP contribution in [0.1, 0.15) is 74.3 Å². The predicted octanol–water partition coefficient (Wildman–Crippen LogP) is 4.76. The lowest BCUT2D eigenvalue weighted by atomic mass is 9.82. The number of anilines is 1. The Morgan fingerprint density at radius 1 is 1.17 bits per heavy atom. The van der Waals surface area contributed by atoms with Crippen molar-refractivity contribution in [3.05, 3.63) is 40.3 Å². The van der Waals surface area contributed by atoms with Crippen LogP contribution in [-0.4, -0.2) is 53.8 Å². The fourth-order valence-corrected chi connectivity index (χ4v) is 7.57. The first kappa shape index (κ1) is 26.8. The van der Waals surface area contributed by atoms with Crippen LogP contribution in [0.5, 0.6) is 0 Å². The van der Waals surface area contributed by atoms with Crippen LogP contribution in [-0.2, 0) is 20.2 Å². The number of pyridine rings is 1. The molecule has 36 heavy (non-hydrogen) atoms. The number of hydrogen-bond donors (Lipinski definition) is 1. The van der Waals surface area contributed by atoms with Gasteiger partial charge >= 0.3 is 5.97 Å². The monoisotopic (exact) mass is 533 g/mol. The van der Waals surface area contributed by atoms with Gasteiger partial charge in [-0.25, -0.2) is 13.2 Å². The summed E-state index contributed by atoms with van der Waals surface area (Å²) in [5.74, 6) is -0.784. The van der Waals surface area contributed by atoms with Gasteiger partial charge in [-0.2, -0.15) is 4.31 Å². The van der Waals surface area contributed by atoms with E-state index in [1.165, 1.54) is 34.1 Å². The molecule has 1 saturated carbocycles. The van der Waals surface area contributed by atoms with Crippen molar-refractivity contribution < 1.29 is 23.1 Å². The van der Waals surface area contributed by atoms with E-state index in [0.29, 0.717) is 18.0 Å². The minimum atomic E-state index is -3.77. The summed E-state index contributed by atoms with van der Waals surface area (Å²) in [4.78, 5) is 33.0. The Hall–Kier alpha value is -2.30. The number of carboxylic acid groups (broad SMARTS) is 1.